The van der Waals surface area contributed by atoms with Crippen molar-refractivity contribution in [1.29, 1.82) is 0 Å². The minimum absolute atomic E-state index is 0.133. The Hall–Kier alpha value is -2.85. The van der Waals surface area contributed by atoms with E-state index in [0.29, 0.717) is 6.42 Å². The van der Waals surface area contributed by atoms with Crippen LogP contribution in [0.2, 0.25) is 0 Å². The SMILES string of the molecule is Cc1cc2c(cc1Cc1ccc(C(=O)NC[C@@H](O)c3ccccc3)o1)C(C)(C)CCC2(C)C. The van der Waals surface area contributed by atoms with Crippen molar-refractivity contribution in [2.24, 2.45) is 0 Å². The number of carbonyl (C=O) groups excluding carboxylic acids is 1. The number of furan rings is 1. The minimum atomic E-state index is -0.754. The van der Waals surface area contributed by atoms with Gasteiger partial charge in [-0.3, -0.25) is 4.79 Å². The molecule has 0 radical (unpaired) electrons. The molecule has 2 aromatic carbocycles. The number of aryl methyl sites for hydroxylation is 1. The third-order valence-corrected chi connectivity index (χ3v) is 7.20. The molecule has 1 aromatic heterocycles. The van der Waals surface area contributed by atoms with Crippen LogP contribution in [0.3, 0.4) is 0 Å². The second-order valence-electron chi connectivity index (χ2n) is 10.7. The van der Waals surface area contributed by atoms with Crippen molar-refractivity contribution in [3.63, 3.8) is 0 Å². The smallest absolute Gasteiger partial charge is 0.287 e. The van der Waals surface area contributed by atoms with Crippen LogP contribution in [0, 0.1) is 6.92 Å². The van der Waals surface area contributed by atoms with Gasteiger partial charge >= 0.3 is 0 Å². The molecule has 4 heteroatoms. The van der Waals surface area contributed by atoms with Crippen LogP contribution in [0.5, 0.6) is 0 Å². The normalized spacial score (nSPS) is 17.3. The summed E-state index contributed by atoms with van der Waals surface area (Å²) in [5, 5.41) is 13.0. The molecular formula is C29H35NO3. The standard InChI is InChI=1S/C29H35NO3/c1-19-15-23-24(29(4,5)14-13-28(23,2)3)17-21(19)16-22-11-12-26(33-22)27(32)30-18-25(31)20-9-7-6-8-10-20/h6-12,15,17,25,31H,13-14,16,18H2,1-5H3,(H,30,32)/t25-/m1/s1. The summed E-state index contributed by atoms with van der Waals surface area (Å²) in [5.41, 5.74) is 6.49. The van der Waals surface area contributed by atoms with Crippen LogP contribution in [0.4, 0.5) is 0 Å². The van der Waals surface area contributed by atoms with Crippen molar-refractivity contribution in [3.8, 4) is 0 Å². The Morgan fingerprint density at radius 1 is 1.00 bits per heavy atom. The van der Waals surface area contributed by atoms with Crippen LogP contribution in [-0.2, 0) is 17.3 Å². The molecule has 1 atom stereocenters. The molecule has 4 rings (SSSR count). The van der Waals surface area contributed by atoms with Gasteiger partial charge in [-0.05, 0) is 70.5 Å². The van der Waals surface area contributed by atoms with Gasteiger partial charge in [-0.15, -0.1) is 0 Å². The van der Waals surface area contributed by atoms with Crippen LogP contribution in [0.1, 0.15) is 90.8 Å². The van der Waals surface area contributed by atoms with E-state index in [2.05, 4.69) is 52.1 Å². The van der Waals surface area contributed by atoms with Crippen molar-refractivity contribution >= 4 is 5.91 Å². The lowest BCUT2D eigenvalue weighted by Crippen LogP contribution is -2.34. The Bertz CT molecular complexity index is 1140. The summed E-state index contributed by atoms with van der Waals surface area (Å²) < 4.78 is 5.89. The second kappa shape index (κ2) is 8.83. The van der Waals surface area contributed by atoms with Gasteiger partial charge in [-0.25, -0.2) is 0 Å². The van der Waals surface area contributed by atoms with Crippen molar-refractivity contribution < 1.29 is 14.3 Å². The number of hydrogen-bond acceptors (Lipinski definition) is 3. The summed E-state index contributed by atoms with van der Waals surface area (Å²) in [5.74, 6) is 0.711. The lowest BCUT2D eigenvalue weighted by atomic mass is 9.62. The quantitative estimate of drug-likeness (QED) is 0.490. The number of hydrogen-bond donors (Lipinski definition) is 2. The fourth-order valence-electron chi connectivity index (χ4n) is 4.81. The number of aliphatic hydroxyl groups excluding tert-OH is 1. The molecule has 1 amide bonds. The fraction of sp³-hybridized carbons (Fsp3) is 0.414. The average molecular weight is 446 g/mol. The summed E-state index contributed by atoms with van der Waals surface area (Å²) in [7, 11) is 0. The predicted octanol–water partition coefficient (Wildman–Crippen LogP) is 5.99. The molecule has 174 valence electrons. The first-order chi connectivity index (χ1) is 15.6. The summed E-state index contributed by atoms with van der Waals surface area (Å²) in [6, 6.07) is 17.6. The second-order valence-corrected chi connectivity index (χ2v) is 10.7. The highest BCUT2D eigenvalue weighted by Gasteiger charge is 2.37. The highest BCUT2D eigenvalue weighted by atomic mass is 16.3. The Balaban J connectivity index is 1.47. The van der Waals surface area contributed by atoms with E-state index in [9.17, 15) is 9.90 Å². The topological polar surface area (TPSA) is 62.5 Å². The van der Waals surface area contributed by atoms with Crippen LogP contribution in [0.25, 0.3) is 0 Å². The van der Waals surface area contributed by atoms with Gasteiger partial charge in [0.25, 0.3) is 5.91 Å². The lowest BCUT2D eigenvalue weighted by Gasteiger charge is -2.42. The first-order valence-electron chi connectivity index (χ1n) is 11.8. The van der Waals surface area contributed by atoms with Crippen LogP contribution < -0.4 is 5.32 Å². The number of aliphatic hydroxyl groups is 1. The third kappa shape index (κ3) is 4.91. The molecule has 0 aliphatic heterocycles. The van der Waals surface area contributed by atoms with E-state index in [4.69, 9.17) is 4.42 Å². The molecule has 0 spiro atoms. The van der Waals surface area contributed by atoms with E-state index in [0.717, 1.165) is 11.3 Å². The van der Waals surface area contributed by atoms with E-state index < -0.39 is 6.10 Å². The predicted molar refractivity (Wildman–Crippen MR) is 132 cm³/mol. The third-order valence-electron chi connectivity index (χ3n) is 7.20. The van der Waals surface area contributed by atoms with E-state index in [1.54, 1.807) is 6.07 Å². The zero-order chi connectivity index (χ0) is 23.8. The number of carbonyl (C=O) groups is 1. The monoisotopic (exact) mass is 445 g/mol. The van der Waals surface area contributed by atoms with Crippen molar-refractivity contribution in [2.75, 3.05) is 6.54 Å². The van der Waals surface area contributed by atoms with Crippen LogP contribution in [0.15, 0.2) is 59.0 Å². The summed E-state index contributed by atoms with van der Waals surface area (Å²) in [4.78, 5) is 12.5. The zero-order valence-electron chi connectivity index (χ0n) is 20.4. The molecule has 1 aliphatic rings. The molecule has 0 saturated carbocycles. The maximum atomic E-state index is 12.5. The van der Waals surface area contributed by atoms with Gasteiger partial charge in [-0.2, -0.15) is 0 Å². The lowest BCUT2D eigenvalue weighted by molar-refractivity contribution is 0.0887. The molecule has 0 unspecified atom stereocenters. The van der Waals surface area contributed by atoms with Gasteiger partial charge in [0.15, 0.2) is 5.76 Å². The van der Waals surface area contributed by atoms with Gasteiger partial charge in [0.05, 0.1) is 6.10 Å². The molecular weight excluding hydrogens is 410 g/mol. The van der Waals surface area contributed by atoms with Crippen LogP contribution in [-0.4, -0.2) is 17.6 Å². The first kappa shape index (κ1) is 23.3. The van der Waals surface area contributed by atoms with E-state index in [1.807, 2.05) is 36.4 Å². The van der Waals surface area contributed by atoms with Crippen molar-refractivity contribution in [1.82, 2.24) is 5.32 Å². The van der Waals surface area contributed by atoms with Crippen molar-refractivity contribution in [2.45, 2.75) is 70.8 Å². The van der Waals surface area contributed by atoms with Gasteiger partial charge in [-0.1, -0.05) is 70.2 Å². The number of rotatable bonds is 6. The number of fused-ring (bicyclic) bond motifs is 1. The maximum Gasteiger partial charge on any atom is 0.287 e. The van der Waals surface area contributed by atoms with E-state index >= 15 is 0 Å². The molecule has 1 aliphatic carbocycles. The molecule has 2 N–H and O–H groups in total. The Morgan fingerprint density at radius 3 is 2.30 bits per heavy atom. The molecule has 0 bridgehead atoms. The average Bonchev–Trinajstić information content (AvgIpc) is 3.25. The van der Waals surface area contributed by atoms with Gasteiger partial charge in [0, 0.05) is 13.0 Å². The Labute approximate surface area is 197 Å². The summed E-state index contributed by atoms with van der Waals surface area (Å²) in [6.45, 7) is 11.6. The number of amides is 1. The summed E-state index contributed by atoms with van der Waals surface area (Å²) >= 11 is 0. The first-order valence-corrected chi connectivity index (χ1v) is 11.8. The molecule has 3 aromatic rings. The fourth-order valence-corrected chi connectivity index (χ4v) is 4.81. The highest BCUT2D eigenvalue weighted by Crippen LogP contribution is 2.46. The Kier molecular flexibility index (Phi) is 6.24. The largest absolute Gasteiger partial charge is 0.456 e. The van der Waals surface area contributed by atoms with E-state index in [-0.39, 0.29) is 29.0 Å². The van der Waals surface area contributed by atoms with Gasteiger partial charge < -0.3 is 14.8 Å². The molecule has 0 fully saturated rings. The van der Waals surface area contributed by atoms with Crippen molar-refractivity contribution in [3.05, 3.63) is 93.9 Å². The molecule has 0 saturated heterocycles. The maximum absolute atomic E-state index is 12.5. The van der Waals surface area contributed by atoms with Crippen LogP contribution >= 0.6 is 0 Å². The van der Waals surface area contributed by atoms with E-state index in [1.165, 1.54) is 35.1 Å². The molecule has 1 heterocycles. The number of benzene rings is 2. The molecule has 33 heavy (non-hydrogen) atoms. The zero-order valence-corrected chi connectivity index (χ0v) is 20.4. The number of nitrogens with one attached hydrogen (secondary N) is 1. The molecule has 4 nitrogen and oxygen atoms in total. The Morgan fingerprint density at radius 2 is 1.64 bits per heavy atom. The minimum Gasteiger partial charge on any atom is -0.456 e. The van der Waals surface area contributed by atoms with Gasteiger partial charge in [0.2, 0.25) is 0 Å². The highest BCUT2D eigenvalue weighted by molar-refractivity contribution is 5.91. The van der Waals surface area contributed by atoms with Gasteiger partial charge in [0.1, 0.15) is 5.76 Å². The summed E-state index contributed by atoms with van der Waals surface area (Å²) in [6.07, 6.45) is 2.27.